The summed E-state index contributed by atoms with van der Waals surface area (Å²) in [5.74, 6) is -2.26. The molecule has 0 heterocycles. The third-order valence-electron chi connectivity index (χ3n) is 6.80. The van der Waals surface area contributed by atoms with Crippen molar-refractivity contribution < 1.29 is 25.0 Å². The van der Waals surface area contributed by atoms with Crippen molar-refractivity contribution in [2.75, 3.05) is 0 Å². The summed E-state index contributed by atoms with van der Waals surface area (Å²) in [5.41, 5.74) is 0.763. The van der Waals surface area contributed by atoms with Gasteiger partial charge in [-0.1, -0.05) is 0 Å². The molecule has 210 valence electrons. The molecule has 6 rings (SSSR count). The van der Waals surface area contributed by atoms with Gasteiger partial charge >= 0.3 is 280 Å². The SMILES string of the molecule is O=C([O][Ga]([O]C(=O)c1cccc2ccc(Br)cc12)[O]C(=O)c1cccc2ccc(Br)cc12)c1cccc2ccc(Br)cc12. The van der Waals surface area contributed by atoms with E-state index in [1.54, 1.807) is 54.6 Å². The van der Waals surface area contributed by atoms with Crippen LogP contribution < -0.4 is 0 Å². The van der Waals surface area contributed by atoms with Gasteiger partial charge in [-0.15, -0.1) is 0 Å². The molecule has 43 heavy (non-hydrogen) atoms. The predicted molar refractivity (Wildman–Crippen MR) is 177 cm³/mol. The number of carbonyl (C=O) groups excluding carboxylic acids is 3. The molecule has 0 radical (unpaired) electrons. The number of carbonyl (C=O) groups is 3. The first-order valence-corrected chi connectivity index (χ1v) is 18.3. The number of benzene rings is 6. The van der Waals surface area contributed by atoms with Gasteiger partial charge in [0.25, 0.3) is 0 Å². The summed E-state index contributed by atoms with van der Waals surface area (Å²) in [6.07, 6.45) is 0. The van der Waals surface area contributed by atoms with Crippen molar-refractivity contribution in [2.24, 2.45) is 0 Å². The topological polar surface area (TPSA) is 78.9 Å². The Morgan fingerprint density at radius 3 is 1.05 bits per heavy atom. The van der Waals surface area contributed by atoms with E-state index in [-0.39, 0.29) is 16.7 Å². The van der Waals surface area contributed by atoms with Crippen LogP contribution in [0, 0.1) is 0 Å². The van der Waals surface area contributed by atoms with E-state index in [1.807, 2.05) is 54.6 Å². The van der Waals surface area contributed by atoms with E-state index < -0.39 is 35.2 Å². The molecule has 0 aromatic heterocycles. The monoisotopic (exact) mass is 816 g/mol. The predicted octanol–water partition coefficient (Wildman–Crippen LogP) is 9.29. The van der Waals surface area contributed by atoms with Gasteiger partial charge in [0.15, 0.2) is 0 Å². The summed E-state index contributed by atoms with van der Waals surface area (Å²) in [6, 6.07) is 32.3. The van der Waals surface area contributed by atoms with E-state index in [0.717, 1.165) is 29.6 Å². The maximum absolute atomic E-state index is 13.5. The Bertz CT molecular complexity index is 1840. The molecule has 0 N–H and O–H groups in total. The summed E-state index contributed by atoms with van der Waals surface area (Å²) in [4.78, 5) is 40.6. The first kappa shape index (κ1) is 29.6. The van der Waals surface area contributed by atoms with Crippen LogP contribution in [0.5, 0.6) is 0 Å². The van der Waals surface area contributed by atoms with Crippen molar-refractivity contribution >= 4 is 115 Å². The second-order valence-corrected chi connectivity index (χ2v) is 15.0. The third kappa shape index (κ3) is 6.44. The Hall–Kier alpha value is -3.41. The van der Waals surface area contributed by atoms with Crippen LogP contribution in [0.4, 0.5) is 0 Å². The van der Waals surface area contributed by atoms with E-state index in [1.165, 1.54) is 0 Å². The second kappa shape index (κ2) is 12.7. The van der Waals surface area contributed by atoms with E-state index >= 15 is 0 Å². The second-order valence-electron chi connectivity index (χ2n) is 9.52. The molecule has 0 spiro atoms. The summed E-state index contributed by atoms with van der Waals surface area (Å²) in [6.45, 7) is 0. The standard InChI is InChI=1S/3C11H7BrO2.Ga/c3*12-8-5-4-7-2-1-3-9(11(13)14)10(7)6-8;/h3*1-6H,(H,13,14);/q;;;+3/p-3. The summed E-state index contributed by atoms with van der Waals surface area (Å²) < 4.78 is 19.6. The van der Waals surface area contributed by atoms with Crippen molar-refractivity contribution in [3.8, 4) is 0 Å². The summed E-state index contributed by atoms with van der Waals surface area (Å²) in [7, 11) is 0. The number of halogens is 3. The van der Waals surface area contributed by atoms with Gasteiger partial charge in [0, 0.05) is 0 Å². The molecule has 6 aromatic rings. The van der Waals surface area contributed by atoms with Crippen molar-refractivity contribution in [1.82, 2.24) is 0 Å². The number of hydrogen-bond acceptors (Lipinski definition) is 6. The molecule has 0 aliphatic heterocycles. The van der Waals surface area contributed by atoms with Crippen LogP contribution >= 0.6 is 47.8 Å². The van der Waals surface area contributed by atoms with Gasteiger partial charge in [-0.3, -0.25) is 0 Å². The summed E-state index contributed by atoms with van der Waals surface area (Å²) >= 11 is 5.94. The van der Waals surface area contributed by atoms with Crippen LogP contribution in [0.15, 0.2) is 123 Å². The average Bonchev–Trinajstić information content (AvgIpc) is 2.99. The van der Waals surface area contributed by atoms with Gasteiger partial charge in [-0.25, -0.2) is 0 Å². The van der Waals surface area contributed by atoms with Crippen LogP contribution in [-0.2, 0) is 10.6 Å². The van der Waals surface area contributed by atoms with Gasteiger partial charge in [-0.05, 0) is 0 Å². The number of rotatable bonds is 6. The van der Waals surface area contributed by atoms with Crippen LogP contribution in [0.2, 0.25) is 0 Å². The van der Waals surface area contributed by atoms with Gasteiger partial charge < -0.3 is 0 Å². The first-order valence-electron chi connectivity index (χ1n) is 12.9. The van der Waals surface area contributed by atoms with Gasteiger partial charge in [0.1, 0.15) is 0 Å². The van der Waals surface area contributed by atoms with Gasteiger partial charge in [0.05, 0.1) is 0 Å². The fraction of sp³-hybridized carbons (Fsp3) is 0. The minimum absolute atomic E-state index is 0.254. The van der Waals surface area contributed by atoms with E-state index in [2.05, 4.69) is 47.8 Å². The normalized spacial score (nSPS) is 11.0. The van der Waals surface area contributed by atoms with E-state index in [4.69, 9.17) is 10.6 Å². The quantitative estimate of drug-likeness (QED) is 0.156. The molecule has 10 heteroatoms. The van der Waals surface area contributed by atoms with E-state index in [9.17, 15) is 14.4 Å². The fourth-order valence-corrected chi connectivity index (χ4v) is 8.08. The fourth-order valence-electron chi connectivity index (χ4n) is 4.79. The van der Waals surface area contributed by atoms with Crippen LogP contribution in [0.25, 0.3) is 32.3 Å². The van der Waals surface area contributed by atoms with Crippen LogP contribution in [-0.4, -0.2) is 35.2 Å². The van der Waals surface area contributed by atoms with Gasteiger partial charge in [-0.2, -0.15) is 0 Å². The Kier molecular flexibility index (Phi) is 8.74. The zero-order chi connectivity index (χ0) is 30.1. The number of hydrogen-bond donors (Lipinski definition) is 0. The molecular weight excluding hydrogens is 802 g/mol. The minimum atomic E-state index is -4.41. The molecule has 0 aliphatic rings. The summed E-state index contributed by atoms with van der Waals surface area (Å²) in [5, 5.41) is 4.37. The molecule has 0 saturated heterocycles. The number of fused-ring (bicyclic) bond motifs is 3. The molecule has 0 amide bonds. The molecule has 0 saturated carbocycles. The van der Waals surface area contributed by atoms with Crippen molar-refractivity contribution in [3.63, 3.8) is 0 Å². The van der Waals surface area contributed by atoms with Crippen molar-refractivity contribution in [1.29, 1.82) is 0 Å². The first-order chi connectivity index (χ1) is 20.8. The van der Waals surface area contributed by atoms with Crippen molar-refractivity contribution in [3.05, 3.63) is 139 Å². The molecular formula is C33H18Br3GaO6. The molecule has 0 fully saturated rings. The Balaban J connectivity index is 1.36. The Morgan fingerprint density at radius 2 is 0.744 bits per heavy atom. The Labute approximate surface area is 277 Å². The average molecular weight is 820 g/mol. The molecule has 6 aromatic carbocycles. The van der Waals surface area contributed by atoms with Crippen LogP contribution in [0.1, 0.15) is 31.1 Å². The van der Waals surface area contributed by atoms with Gasteiger partial charge in [0.2, 0.25) is 0 Å². The molecule has 0 unspecified atom stereocenters. The molecule has 0 aliphatic carbocycles. The molecule has 0 atom stereocenters. The third-order valence-corrected chi connectivity index (χ3v) is 10.8. The van der Waals surface area contributed by atoms with Crippen LogP contribution in [0.3, 0.4) is 0 Å². The Morgan fingerprint density at radius 1 is 0.442 bits per heavy atom. The zero-order valence-corrected chi connectivity index (χ0v) is 29.2. The van der Waals surface area contributed by atoms with Crippen molar-refractivity contribution in [2.45, 2.75) is 0 Å². The zero-order valence-electron chi connectivity index (χ0n) is 22.1. The molecule has 0 bridgehead atoms. The van der Waals surface area contributed by atoms with E-state index in [0.29, 0.717) is 16.2 Å². The molecule has 6 nitrogen and oxygen atoms in total. The maximum atomic E-state index is 13.5.